The van der Waals surface area contributed by atoms with Crippen LogP contribution in [0.25, 0.3) is 0 Å². The Morgan fingerprint density at radius 3 is 2.00 bits per heavy atom. The largest absolute Gasteiger partial charge is 0.507 e. The zero-order valence-corrected chi connectivity index (χ0v) is 17.0. The van der Waals surface area contributed by atoms with Gasteiger partial charge in [0.25, 0.3) is 0 Å². The molecule has 21 heavy (non-hydrogen) atoms. The molecule has 0 fully saturated rings. The molecule has 1 N–H and O–H groups in total. The molecule has 0 amide bonds. The van der Waals surface area contributed by atoms with E-state index in [1.54, 1.807) is 12.1 Å². The zero-order chi connectivity index (χ0) is 15.5. The minimum atomic E-state index is 0.217. The van der Waals surface area contributed by atoms with Crippen molar-refractivity contribution in [3.8, 4) is 11.5 Å². The summed E-state index contributed by atoms with van der Waals surface area (Å²) in [4.78, 5) is 0. The number of rotatable bonds is 11. The molecule has 0 aliphatic heterocycles. The van der Waals surface area contributed by atoms with Crippen molar-refractivity contribution in [1.82, 2.24) is 0 Å². The summed E-state index contributed by atoms with van der Waals surface area (Å²) in [5.74, 6) is 0.989. The van der Waals surface area contributed by atoms with Gasteiger partial charge in [0.05, 0.1) is 15.6 Å². The van der Waals surface area contributed by atoms with Gasteiger partial charge in [0, 0.05) is 5.33 Å². The lowest BCUT2D eigenvalue weighted by Crippen LogP contribution is -1.98. The third-order valence-electron chi connectivity index (χ3n) is 3.29. The number of hydrogen-bond acceptors (Lipinski definition) is 2. The fraction of sp³-hybridized carbons (Fsp3) is 0.625. The van der Waals surface area contributed by atoms with Crippen LogP contribution in [0.1, 0.15) is 51.4 Å². The molecular weight excluding hydrogens is 464 g/mol. The molecule has 0 atom stereocenters. The van der Waals surface area contributed by atoms with Crippen molar-refractivity contribution < 1.29 is 9.84 Å². The number of aromatic hydroxyl groups is 1. The van der Waals surface area contributed by atoms with Crippen LogP contribution in [-0.4, -0.2) is 17.0 Å². The second kappa shape index (κ2) is 11.8. The Morgan fingerprint density at radius 2 is 1.38 bits per heavy atom. The number of halogens is 3. The van der Waals surface area contributed by atoms with E-state index < -0.39 is 0 Å². The summed E-state index contributed by atoms with van der Waals surface area (Å²) in [5, 5.41) is 10.7. The molecule has 0 saturated heterocycles. The van der Waals surface area contributed by atoms with Gasteiger partial charge in [0.1, 0.15) is 11.5 Å². The average molecular weight is 487 g/mol. The normalized spacial score (nSPS) is 10.8. The molecule has 1 aromatic carbocycles. The molecule has 120 valence electrons. The van der Waals surface area contributed by atoms with E-state index in [-0.39, 0.29) is 5.75 Å². The van der Waals surface area contributed by atoms with E-state index in [0.29, 0.717) is 4.47 Å². The number of hydrogen-bond donors (Lipinski definition) is 1. The molecular formula is C16H23Br3O2. The van der Waals surface area contributed by atoms with Crippen LogP contribution in [0.3, 0.4) is 0 Å². The van der Waals surface area contributed by atoms with Crippen LogP contribution in [0.5, 0.6) is 11.5 Å². The number of phenols is 1. The van der Waals surface area contributed by atoms with Gasteiger partial charge in [-0.05, 0) is 56.8 Å². The molecule has 1 aromatic rings. The van der Waals surface area contributed by atoms with Gasteiger partial charge >= 0.3 is 0 Å². The first kappa shape index (κ1) is 19.3. The maximum absolute atomic E-state index is 9.54. The molecule has 0 radical (unpaired) electrons. The smallest absolute Gasteiger partial charge is 0.134 e. The molecule has 0 unspecified atom stereocenters. The number of ether oxygens (including phenoxy) is 1. The quantitative estimate of drug-likeness (QED) is 0.275. The van der Waals surface area contributed by atoms with E-state index in [4.69, 9.17) is 4.74 Å². The van der Waals surface area contributed by atoms with Crippen LogP contribution in [0.4, 0.5) is 0 Å². The van der Waals surface area contributed by atoms with Crippen molar-refractivity contribution >= 4 is 47.8 Å². The lowest BCUT2D eigenvalue weighted by atomic mass is 10.1. The number of alkyl halides is 1. The van der Waals surface area contributed by atoms with Gasteiger partial charge in [-0.1, -0.05) is 54.5 Å². The second-order valence-electron chi connectivity index (χ2n) is 5.10. The van der Waals surface area contributed by atoms with Crippen LogP contribution >= 0.6 is 47.8 Å². The predicted molar refractivity (Wildman–Crippen MR) is 99.7 cm³/mol. The first-order valence-electron chi connectivity index (χ1n) is 7.52. The third-order valence-corrected chi connectivity index (χ3v) is 5.10. The highest BCUT2D eigenvalue weighted by Crippen LogP contribution is 2.35. The van der Waals surface area contributed by atoms with E-state index in [1.807, 2.05) is 0 Å². The third kappa shape index (κ3) is 8.46. The molecule has 0 aliphatic rings. The SMILES string of the molecule is Oc1cc(Br)c(OCCCCCCCCCCBr)cc1Br. The fourth-order valence-corrected chi connectivity index (χ4v) is 3.23. The predicted octanol–water partition coefficient (Wildman–Crippen LogP) is 6.81. The second-order valence-corrected chi connectivity index (χ2v) is 7.60. The van der Waals surface area contributed by atoms with Crippen LogP contribution in [-0.2, 0) is 0 Å². The van der Waals surface area contributed by atoms with Crippen molar-refractivity contribution in [2.24, 2.45) is 0 Å². The van der Waals surface area contributed by atoms with Crippen LogP contribution in [0.15, 0.2) is 21.1 Å². The Labute approximate surface area is 153 Å². The fourth-order valence-electron chi connectivity index (χ4n) is 2.07. The van der Waals surface area contributed by atoms with Crippen molar-refractivity contribution in [3.63, 3.8) is 0 Å². The number of phenolic OH excluding ortho intramolecular Hbond substituents is 1. The highest BCUT2D eigenvalue weighted by molar-refractivity contribution is 9.11. The molecule has 0 saturated carbocycles. The van der Waals surface area contributed by atoms with Gasteiger partial charge in [-0.15, -0.1) is 0 Å². The summed E-state index contributed by atoms with van der Waals surface area (Å²) < 4.78 is 7.18. The van der Waals surface area contributed by atoms with Gasteiger partial charge in [0.15, 0.2) is 0 Å². The summed E-state index contributed by atoms with van der Waals surface area (Å²) in [5.41, 5.74) is 0. The number of benzene rings is 1. The molecule has 2 nitrogen and oxygen atoms in total. The minimum Gasteiger partial charge on any atom is -0.507 e. The first-order valence-corrected chi connectivity index (χ1v) is 10.2. The van der Waals surface area contributed by atoms with Crippen LogP contribution < -0.4 is 4.74 Å². The maximum atomic E-state index is 9.54. The minimum absolute atomic E-state index is 0.217. The van der Waals surface area contributed by atoms with E-state index in [1.165, 1.54) is 44.9 Å². The van der Waals surface area contributed by atoms with Gasteiger partial charge in [-0.25, -0.2) is 0 Å². The van der Waals surface area contributed by atoms with Gasteiger partial charge in [-0.2, -0.15) is 0 Å². The highest BCUT2D eigenvalue weighted by Gasteiger charge is 2.06. The van der Waals surface area contributed by atoms with Crippen LogP contribution in [0.2, 0.25) is 0 Å². The molecule has 0 heterocycles. The van der Waals surface area contributed by atoms with Crippen LogP contribution in [0, 0.1) is 0 Å². The molecule has 1 rings (SSSR count). The standard InChI is InChI=1S/C16H23Br3O2/c17-9-7-5-3-1-2-4-6-8-10-21-16-12-13(18)15(20)11-14(16)19/h11-12,20H,1-10H2. The Balaban J connectivity index is 2.05. The zero-order valence-electron chi connectivity index (χ0n) is 12.2. The summed E-state index contributed by atoms with van der Waals surface area (Å²) >= 11 is 10.2. The average Bonchev–Trinajstić information content (AvgIpc) is 2.46. The maximum Gasteiger partial charge on any atom is 0.134 e. The van der Waals surface area contributed by atoms with E-state index in [0.717, 1.165) is 28.6 Å². The van der Waals surface area contributed by atoms with Crippen molar-refractivity contribution in [2.45, 2.75) is 51.4 Å². The van der Waals surface area contributed by atoms with Gasteiger partial charge < -0.3 is 9.84 Å². The molecule has 0 aromatic heterocycles. The first-order chi connectivity index (χ1) is 10.1. The molecule has 5 heteroatoms. The summed E-state index contributed by atoms with van der Waals surface area (Å²) in [6, 6.07) is 3.44. The lowest BCUT2D eigenvalue weighted by Gasteiger charge is -2.09. The lowest BCUT2D eigenvalue weighted by molar-refractivity contribution is 0.301. The topological polar surface area (TPSA) is 29.5 Å². The summed E-state index contributed by atoms with van der Waals surface area (Å²) in [6.07, 6.45) is 10.3. The highest BCUT2D eigenvalue weighted by atomic mass is 79.9. The summed E-state index contributed by atoms with van der Waals surface area (Å²) in [7, 11) is 0. The van der Waals surface area contributed by atoms with Crippen molar-refractivity contribution in [1.29, 1.82) is 0 Å². The number of unbranched alkanes of at least 4 members (excludes halogenated alkanes) is 7. The van der Waals surface area contributed by atoms with E-state index in [2.05, 4.69) is 47.8 Å². The summed E-state index contributed by atoms with van der Waals surface area (Å²) in [6.45, 7) is 0.722. The van der Waals surface area contributed by atoms with E-state index >= 15 is 0 Å². The molecule has 0 spiro atoms. The van der Waals surface area contributed by atoms with Crippen molar-refractivity contribution in [3.05, 3.63) is 21.1 Å². The monoisotopic (exact) mass is 484 g/mol. The van der Waals surface area contributed by atoms with Crippen molar-refractivity contribution in [2.75, 3.05) is 11.9 Å². The van der Waals surface area contributed by atoms with E-state index in [9.17, 15) is 5.11 Å². The van der Waals surface area contributed by atoms with Gasteiger partial charge in [0.2, 0.25) is 0 Å². The van der Waals surface area contributed by atoms with Gasteiger partial charge in [-0.3, -0.25) is 0 Å². The Bertz CT molecular complexity index is 411. The molecule has 0 bridgehead atoms. The Kier molecular flexibility index (Phi) is 10.8. The Hall–Kier alpha value is 0.260. The Morgan fingerprint density at radius 1 is 0.810 bits per heavy atom. The molecule has 0 aliphatic carbocycles.